The average Bonchev–Trinajstić information content (AvgIpc) is 2.67. The number of carbonyl (C=O) groups excluding carboxylic acids is 1. The second kappa shape index (κ2) is 6.59. The Balaban J connectivity index is 0.00000180. The molecule has 0 saturated heterocycles. The molecule has 1 atom stereocenters. The molecular weight excluding hydrogens is 264 g/mol. The molecule has 0 spiro atoms. The lowest BCUT2D eigenvalue weighted by Gasteiger charge is -2.09. The first kappa shape index (κ1) is 15.5. The highest BCUT2D eigenvalue weighted by Crippen LogP contribution is 2.21. The van der Waals surface area contributed by atoms with Gasteiger partial charge in [-0.25, -0.2) is 0 Å². The van der Waals surface area contributed by atoms with E-state index in [2.05, 4.69) is 6.07 Å². The first-order valence-electron chi connectivity index (χ1n) is 6.08. The molecule has 4 nitrogen and oxygen atoms in total. The van der Waals surface area contributed by atoms with Gasteiger partial charge in [-0.3, -0.25) is 4.79 Å². The molecule has 0 amide bonds. The number of hydrogen-bond acceptors (Lipinski definition) is 3. The van der Waals surface area contributed by atoms with E-state index in [0.717, 1.165) is 16.5 Å². The van der Waals surface area contributed by atoms with Crippen molar-refractivity contribution in [3.63, 3.8) is 0 Å². The van der Waals surface area contributed by atoms with Crippen molar-refractivity contribution in [2.45, 2.75) is 19.4 Å². The van der Waals surface area contributed by atoms with Crippen LogP contribution in [0.4, 0.5) is 0 Å². The van der Waals surface area contributed by atoms with E-state index in [1.165, 1.54) is 0 Å². The fraction of sp³-hybridized carbons (Fsp3) is 0.357. The zero-order valence-corrected chi connectivity index (χ0v) is 11.9. The first-order valence-corrected chi connectivity index (χ1v) is 6.08. The van der Waals surface area contributed by atoms with Crippen LogP contribution in [0.15, 0.2) is 30.5 Å². The van der Waals surface area contributed by atoms with Crippen LogP contribution < -0.4 is 5.73 Å². The van der Waals surface area contributed by atoms with Gasteiger partial charge in [-0.05, 0) is 18.6 Å². The first-order chi connectivity index (χ1) is 8.63. The van der Waals surface area contributed by atoms with Crippen molar-refractivity contribution in [1.29, 1.82) is 0 Å². The zero-order chi connectivity index (χ0) is 13.1. The molecular formula is C14H19ClN2O2. The van der Waals surface area contributed by atoms with E-state index in [1.54, 1.807) is 6.92 Å². The number of aromatic nitrogens is 1. The minimum Gasteiger partial charge on any atom is -0.465 e. The van der Waals surface area contributed by atoms with Gasteiger partial charge < -0.3 is 15.0 Å². The summed E-state index contributed by atoms with van der Waals surface area (Å²) in [6, 6.07) is 7.48. The lowest BCUT2D eigenvalue weighted by Crippen LogP contribution is -2.34. The van der Waals surface area contributed by atoms with Crippen LogP contribution in [0.1, 0.15) is 12.5 Å². The Bertz CT molecular complexity index is 566. The molecule has 1 aromatic heterocycles. The molecule has 0 aliphatic carbocycles. The summed E-state index contributed by atoms with van der Waals surface area (Å²) in [5.74, 6) is -0.342. The van der Waals surface area contributed by atoms with E-state index in [0.29, 0.717) is 13.0 Å². The van der Waals surface area contributed by atoms with Gasteiger partial charge in [0.2, 0.25) is 0 Å². The third-order valence-corrected chi connectivity index (χ3v) is 3.01. The van der Waals surface area contributed by atoms with Crippen molar-refractivity contribution >= 4 is 29.3 Å². The van der Waals surface area contributed by atoms with Gasteiger partial charge in [0.1, 0.15) is 6.04 Å². The number of hydrogen-bond donors (Lipinski definition) is 1. The number of benzene rings is 1. The third-order valence-electron chi connectivity index (χ3n) is 3.01. The molecule has 0 radical (unpaired) electrons. The molecule has 2 aromatic rings. The predicted octanol–water partition coefficient (Wildman–Crippen LogP) is 2.03. The quantitative estimate of drug-likeness (QED) is 0.873. The van der Waals surface area contributed by atoms with Crippen molar-refractivity contribution in [2.75, 3.05) is 6.61 Å². The summed E-state index contributed by atoms with van der Waals surface area (Å²) in [7, 11) is 1.99. The van der Waals surface area contributed by atoms with E-state index in [9.17, 15) is 4.79 Å². The maximum atomic E-state index is 11.5. The SMILES string of the molecule is CCOC(=O)C(N)Cc1cn(C)c2ccccc12.Cl. The summed E-state index contributed by atoms with van der Waals surface area (Å²) in [5.41, 5.74) is 8.07. The molecule has 5 heteroatoms. The zero-order valence-electron chi connectivity index (χ0n) is 11.1. The molecule has 1 aromatic carbocycles. The van der Waals surface area contributed by atoms with Crippen molar-refractivity contribution < 1.29 is 9.53 Å². The molecule has 1 unspecified atom stereocenters. The number of fused-ring (bicyclic) bond motifs is 1. The molecule has 2 N–H and O–H groups in total. The highest BCUT2D eigenvalue weighted by molar-refractivity contribution is 5.85. The summed E-state index contributed by atoms with van der Waals surface area (Å²) in [5, 5.41) is 1.14. The minimum absolute atomic E-state index is 0. The summed E-state index contributed by atoms with van der Waals surface area (Å²) in [6.45, 7) is 2.14. The van der Waals surface area contributed by atoms with Gasteiger partial charge in [0.25, 0.3) is 0 Å². The number of halogens is 1. The van der Waals surface area contributed by atoms with Crippen LogP contribution in [0.25, 0.3) is 10.9 Å². The number of para-hydroxylation sites is 1. The molecule has 0 fully saturated rings. The molecule has 1 heterocycles. The molecule has 104 valence electrons. The van der Waals surface area contributed by atoms with Gasteiger partial charge in [0, 0.05) is 30.6 Å². The van der Waals surface area contributed by atoms with Gasteiger partial charge in [-0.1, -0.05) is 18.2 Å². The van der Waals surface area contributed by atoms with E-state index < -0.39 is 6.04 Å². The Morgan fingerprint density at radius 2 is 2.11 bits per heavy atom. The van der Waals surface area contributed by atoms with Crippen LogP contribution in [0.5, 0.6) is 0 Å². The minimum atomic E-state index is -0.601. The molecule has 0 aliphatic heterocycles. The Morgan fingerprint density at radius 1 is 1.42 bits per heavy atom. The normalized spacial score (nSPS) is 11.9. The maximum Gasteiger partial charge on any atom is 0.323 e. The number of esters is 1. The topological polar surface area (TPSA) is 57.2 Å². The summed E-state index contributed by atoms with van der Waals surface area (Å²) in [6.07, 6.45) is 2.52. The molecule has 19 heavy (non-hydrogen) atoms. The van der Waals surface area contributed by atoms with Crippen molar-refractivity contribution in [2.24, 2.45) is 12.8 Å². The largest absolute Gasteiger partial charge is 0.465 e. The smallest absolute Gasteiger partial charge is 0.323 e. The molecule has 2 rings (SSSR count). The van der Waals surface area contributed by atoms with Crippen LogP contribution in [0.3, 0.4) is 0 Å². The van der Waals surface area contributed by atoms with Gasteiger partial charge in [0.05, 0.1) is 6.61 Å². The predicted molar refractivity (Wildman–Crippen MR) is 78.5 cm³/mol. The standard InChI is InChI=1S/C14H18N2O2.ClH/c1-3-18-14(17)12(15)8-10-9-16(2)13-7-5-4-6-11(10)13;/h4-7,9,12H,3,8,15H2,1-2H3;1H. The average molecular weight is 283 g/mol. The highest BCUT2D eigenvalue weighted by Gasteiger charge is 2.17. The van der Waals surface area contributed by atoms with Gasteiger partial charge in [-0.15, -0.1) is 12.4 Å². The fourth-order valence-corrected chi connectivity index (χ4v) is 2.16. The Morgan fingerprint density at radius 3 is 2.79 bits per heavy atom. The Hall–Kier alpha value is -1.52. The highest BCUT2D eigenvalue weighted by atomic mass is 35.5. The molecule has 0 bridgehead atoms. The number of carbonyl (C=O) groups is 1. The lowest BCUT2D eigenvalue weighted by molar-refractivity contribution is -0.144. The van der Waals surface area contributed by atoms with E-state index in [1.807, 2.05) is 36.0 Å². The number of nitrogens with two attached hydrogens (primary N) is 1. The number of rotatable bonds is 4. The number of ether oxygens (including phenoxy) is 1. The summed E-state index contributed by atoms with van der Waals surface area (Å²) >= 11 is 0. The van der Waals surface area contributed by atoms with Crippen LogP contribution >= 0.6 is 12.4 Å². The third kappa shape index (κ3) is 3.28. The second-order valence-corrected chi connectivity index (χ2v) is 4.35. The van der Waals surface area contributed by atoms with Crippen molar-refractivity contribution in [3.05, 3.63) is 36.0 Å². The van der Waals surface area contributed by atoms with Crippen LogP contribution in [0, 0.1) is 0 Å². The molecule has 0 saturated carbocycles. The van der Waals surface area contributed by atoms with Crippen molar-refractivity contribution in [1.82, 2.24) is 4.57 Å². The van der Waals surface area contributed by atoms with E-state index in [-0.39, 0.29) is 18.4 Å². The van der Waals surface area contributed by atoms with Gasteiger partial charge in [0.15, 0.2) is 0 Å². The van der Waals surface area contributed by atoms with Crippen LogP contribution in [-0.2, 0) is 23.0 Å². The summed E-state index contributed by atoms with van der Waals surface area (Å²) in [4.78, 5) is 11.5. The summed E-state index contributed by atoms with van der Waals surface area (Å²) < 4.78 is 6.97. The second-order valence-electron chi connectivity index (χ2n) is 4.35. The number of nitrogens with zero attached hydrogens (tertiary/aromatic N) is 1. The molecule has 0 aliphatic rings. The van der Waals surface area contributed by atoms with E-state index >= 15 is 0 Å². The Labute approximate surface area is 118 Å². The van der Waals surface area contributed by atoms with Gasteiger partial charge in [-0.2, -0.15) is 0 Å². The lowest BCUT2D eigenvalue weighted by atomic mass is 10.1. The van der Waals surface area contributed by atoms with Crippen LogP contribution in [0.2, 0.25) is 0 Å². The van der Waals surface area contributed by atoms with Gasteiger partial charge >= 0.3 is 5.97 Å². The maximum absolute atomic E-state index is 11.5. The monoisotopic (exact) mass is 282 g/mol. The Kier molecular flexibility index (Phi) is 5.39. The van der Waals surface area contributed by atoms with Crippen molar-refractivity contribution in [3.8, 4) is 0 Å². The number of aryl methyl sites for hydroxylation is 1. The fourth-order valence-electron chi connectivity index (χ4n) is 2.16. The van der Waals surface area contributed by atoms with Crippen LogP contribution in [-0.4, -0.2) is 23.2 Å². The van der Waals surface area contributed by atoms with E-state index in [4.69, 9.17) is 10.5 Å².